The van der Waals surface area contributed by atoms with E-state index >= 15 is 0 Å². The number of hydrogen-bond donors (Lipinski definition) is 2. The lowest BCUT2D eigenvalue weighted by atomic mass is 10.1. The van der Waals surface area contributed by atoms with Crippen LogP contribution in [0.1, 0.15) is 44.5 Å². The van der Waals surface area contributed by atoms with Gasteiger partial charge in [0.2, 0.25) is 0 Å². The van der Waals surface area contributed by atoms with Crippen molar-refractivity contribution in [2.75, 3.05) is 6.54 Å². The van der Waals surface area contributed by atoms with E-state index in [4.69, 9.17) is 0 Å². The topological polar surface area (TPSA) is 40.7 Å². The van der Waals surface area contributed by atoms with E-state index in [0.29, 0.717) is 12.2 Å². The fourth-order valence-electron chi connectivity index (χ4n) is 1.63. The van der Waals surface area contributed by atoms with Crippen LogP contribution in [-0.2, 0) is 0 Å². The Kier molecular flexibility index (Phi) is 5.47. The molecule has 0 saturated carbocycles. The Hall–Kier alpha value is -1.04. The van der Waals surface area contributed by atoms with Crippen molar-refractivity contribution >= 4 is 0 Å². The highest BCUT2D eigenvalue weighted by Gasteiger charge is 2.27. The summed E-state index contributed by atoms with van der Waals surface area (Å²) in [7, 11) is 0. The fraction of sp³-hybridized carbons (Fsp3) is 0.727. The molecule has 2 N–H and O–H groups in total. The monoisotopic (exact) mass is 249 g/mol. The molecule has 1 aromatic heterocycles. The largest absolute Gasteiger partial charge is 0.389 e. The minimum Gasteiger partial charge on any atom is -0.347 e. The maximum absolute atomic E-state index is 12.1. The average Bonchev–Trinajstić information content (AvgIpc) is 2.74. The number of nitrogens with one attached hydrogen (secondary N) is 2. The van der Waals surface area contributed by atoms with E-state index in [1.165, 1.54) is 0 Å². The molecular formula is C11H18F3N3. The Morgan fingerprint density at radius 3 is 2.76 bits per heavy atom. The maximum Gasteiger partial charge on any atom is 0.389 e. The van der Waals surface area contributed by atoms with Crippen molar-refractivity contribution in [3.05, 3.63) is 18.2 Å². The lowest BCUT2D eigenvalue weighted by Gasteiger charge is -2.16. The van der Waals surface area contributed by atoms with Crippen molar-refractivity contribution in [1.82, 2.24) is 15.3 Å². The predicted octanol–water partition coefficient (Wildman–Crippen LogP) is 3.18. The summed E-state index contributed by atoms with van der Waals surface area (Å²) >= 11 is 0. The molecule has 1 atom stereocenters. The molecule has 1 unspecified atom stereocenters. The molecule has 3 nitrogen and oxygen atoms in total. The number of imidazole rings is 1. The summed E-state index contributed by atoms with van der Waals surface area (Å²) in [4.78, 5) is 7.02. The molecule has 0 amide bonds. The van der Waals surface area contributed by atoms with Crippen LogP contribution in [0.5, 0.6) is 0 Å². The minimum atomic E-state index is -4.07. The van der Waals surface area contributed by atoms with Crippen LogP contribution in [0.3, 0.4) is 0 Å². The van der Waals surface area contributed by atoms with Gasteiger partial charge in [0.15, 0.2) is 0 Å². The molecule has 0 saturated heterocycles. The summed E-state index contributed by atoms with van der Waals surface area (Å²) in [5.41, 5.74) is 0. The van der Waals surface area contributed by atoms with E-state index in [1.807, 2.05) is 6.92 Å². The lowest BCUT2D eigenvalue weighted by molar-refractivity contribution is -0.135. The van der Waals surface area contributed by atoms with E-state index in [1.54, 1.807) is 12.4 Å². The zero-order valence-corrected chi connectivity index (χ0v) is 9.85. The van der Waals surface area contributed by atoms with Crippen molar-refractivity contribution in [2.45, 2.75) is 44.8 Å². The molecule has 1 heterocycles. The Labute approximate surface area is 98.8 Å². The van der Waals surface area contributed by atoms with Gasteiger partial charge in [0, 0.05) is 18.8 Å². The van der Waals surface area contributed by atoms with Gasteiger partial charge >= 0.3 is 6.18 Å². The van der Waals surface area contributed by atoms with Crippen LogP contribution < -0.4 is 5.32 Å². The first-order valence-corrected chi connectivity index (χ1v) is 5.82. The standard InChI is InChI=1S/C11H18F3N3/c1-2-6-15-9(10-16-7-8-17-10)4-3-5-11(12,13)14/h7-9,15H,2-6H2,1H3,(H,16,17). The van der Waals surface area contributed by atoms with Crippen molar-refractivity contribution in [2.24, 2.45) is 0 Å². The molecule has 0 radical (unpaired) electrons. The third-order valence-corrected chi connectivity index (χ3v) is 2.44. The molecular weight excluding hydrogens is 231 g/mol. The quantitative estimate of drug-likeness (QED) is 0.779. The third kappa shape index (κ3) is 5.72. The first kappa shape index (κ1) is 14.0. The van der Waals surface area contributed by atoms with Gasteiger partial charge in [-0.1, -0.05) is 6.92 Å². The number of alkyl halides is 3. The van der Waals surface area contributed by atoms with Gasteiger partial charge in [-0.05, 0) is 25.8 Å². The van der Waals surface area contributed by atoms with Gasteiger partial charge in [0.25, 0.3) is 0 Å². The van der Waals surface area contributed by atoms with Gasteiger partial charge < -0.3 is 10.3 Å². The summed E-state index contributed by atoms with van der Waals surface area (Å²) in [6.45, 7) is 2.79. The number of aromatic nitrogens is 2. The lowest BCUT2D eigenvalue weighted by Crippen LogP contribution is -2.23. The molecule has 0 spiro atoms. The van der Waals surface area contributed by atoms with Crippen molar-refractivity contribution < 1.29 is 13.2 Å². The highest BCUT2D eigenvalue weighted by Crippen LogP contribution is 2.25. The highest BCUT2D eigenvalue weighted by atomic mass is 19.4. The van der Waals surface area contributed by atoms with Crippen LogP contribution in [0.15, 0.2) is 12.4 Å². The van der Waals surface area contributed by atoms with E-state index in [9.17, 15) is 13.2 Å². The molecule has 0 aliphatic rings. The Morgan fingerprint density at radius 2 is 2.24 bits per heavy atom. The Balaban J connectivity index is 2.42. The van der Waals surface area contributed by atoms with Crippen LogP contribution in [0.25, 0.3) is 0 Å². The van der Waals surface area contributed by atoms with Gasteiger partial charge in [-0.15, -0.1) is 0 Å². The Morgan fingerprint density at radius 1 is 1.47 bits per heavy atom. The summed E-state index contributed by atoms with van der Waals surface area (Å²) in [5.74, 6) is 0.709. The van der Waals surface area contributed by atoms with Crippen LogP contribution in [0.2, 0.25) is 0 Å². The molecule has 0 aromatic carbocycles. The second-order valence-corrected chi connectivity index (χ2v) is 3.99. The van der Waals surface area contributed by atoms with Crippen molar-refractivity contribution in [3.8, 4) is 0 Å². The third-order valence-electron chi connectivity index (χ3n) is 2.44. The molecule has 0 aliphatic heterocycles. The molecule has 0 fully saturated rings. The van der Waals surface area contributed by atoms with E-state index in [-0.39, 0.29) is 12.5 Å². The molecule has 6 heteroatoms. The highest BCUT2D eigenvalue weighted by molar-refractivity contribution is 4.95. The predicted molar refractivity (Wildman–Crippen MR) is 59.5 cm³/mol. The normalized spacial score (nSPS) is 13.9. The zero-order valence-electron chi connectivity index (χ0n) is 9.85. The van der Waals surface area contributed by atoms with Gasteiger partial charge in [0.1, 0.15) is 5.82 Å². The van der Waals surface area contributed by atoms with Crippen LogP contribution in [-0.4, -0.2) is 22.7 Å². The summed E-state index contributed by atoms with van der Waals surface area (Å²) in [6.07, 6.45) is -0.0228. The fourth-order valence-corrected chi connectivity index (χ4v) is 1.63. The maximum atomic E-state index is 12.1. The van der Waals surface area contributed by atoms with Gasteiger partial charge in [-0.25, -0.2) is 4.98 Å². The van der Waals surface area contributed by atoms with Gasteiger partial charge in [-0.2, -0.15) is 13.2 Å². The SMILES string of the molecule is CCCNC(CCCC(F)(F)F)c1ncc[nH]1. The smallest absolute Gasteiger partial charge is 0.347 e. The average molecular weight is 249 g/mol. The number of H-pyrrole nitrogens is 1. The summed E-state index contributed by atoms with van der Waals surface area (Å²) in [5, 5.41) is 3.20. The van der Waals surface area contributed by atoms with Crippen molar-refractivity contribution in [3.63, 3.8) is 0 Å². The second kappa shape index (κ2) is 6.64. The molecule has 98 valence electrons. The summed E-state index contributed by atoms with van der Waals surface area (Å²) in [6, 6.07) is -0.118. The number of halogens is 3. The number of nitrogens with zero attached hydrogens (tertiary/aromatic N) is 1. The van der Waals surface area contributed by atoms with Crippen LogP contribution in [0.4, 0.5) is 13.2 Å². The number of rotatable bonds is 7. The van der Waals surface area contributed by atoms with E-state index in [0.717, 1.165) is 13.0 Å². The molecule has 1 rings (SSSR count). The van der Waals surface area contributed by atoms with E-state index < -0.39 is 12.6 Å². The first-order chi connectivity index (χ1) is 8.03. The molecule has 0 bridgehead atoms. The van der Waals surface area contributed by atoms with E-state index in [2.05, 4.69) is 15.3 Å². The van der Waals surface area contributed by atoms with Gasteiger partial charge in [-0.3, -0.25) is 0 Å². The van der Waals surface area contributed by atoms with Crippen molar-refractivity contribution in [1.29, 1.82) is 0 Å². The zero-order chi connectivity index (χ0) is 12.7. The Bertz CT molecular complexity index is 295. The molecule has 0 aliphatic carbocycles. The first-order valence-electron chi connectivity index (χ1n) is 5.82. The minimum absolute atomic E-state index is 0.117. The van der Waals surface area contributed by atoms with Gasteiger partial charge in [0.05, 0.1) is 6.04 Å². The van der Waals surface area contributed by atoms with Crippen LogP contribution >= 0.6 is 0 Å². The second-order valence-electron chi connectivity index (χ2n) is 3.99. The molecule has 17 heavy (non-hydrogen) atoms. The summed E-state index contributed by atoms with van der Waals surface area (Å²) < 4.78 is 36.2. The number of hydrogen-bond acceptors (Lipinski definition) is 2. The van der Waals surface area contributed by atoms with Crippen LogP contribution in [0, 0.1) is 0 Å². The number of aromatic amines is 1. The molecule has 1 aromatic rings.